The van der Waals surface area contributed by atoms with Gasteiger partial charge in [-0.2, -0.15) is 0 Å². The van der Waals surface area contributed by atoms with Crippen molar-refractivity contribution in [3.63, 3.8) is 0 Å². The number of nitrogens with two attached hydrogens (primary N) is 1. The Labute approximate surface area is 97.8 Å². The molecule has 0 aromatic heterocycles. The van der Waals surface area contributed by atoms with Crippen LogP contribution in [-0.2, 0) is 0 Å². The first-order valence-electron chi connectivity index (χ1n) is 6.28. The fourth-order valence-corrected chi connectivity index (χ4v) is 2.46. The van der Waals surface area contributed by atoms with Crippen LogP contribution in [0.3, 0.4) is 0 Å². The molecule has 0 saturated heterocycles. The van der Waals surface area contributed by atoms with Gasteiger partial charge in [-0.3, -0.25) is 0 Å². The maximum atomic E-state index is 5.92. The number of benzene rings is 1. The molecule has 16 heavy (non-hydrogen) atoms. The van der Waals surface area contributed by atoms with Crippen LogP contribution in [0.1, 0.15) is 44.1 Å². The zero-order valence-corrected chi connectivity index (χ0v) is 9.99. The van der Waals surface area contributed by atoms with Gasteiger partial charge in [0.1, 0.15) is 5.75 Å². The van der Waals surface area contributed by atoms with E-state index in [2.05, 4.69) is 24.3 Å². The zero-order chi connectivity index (χ0) is 11.4. The summed E-state index contributed by atoms with van der Waals surface area (Å²) < 4.78 is 5.45. The number of rotatable bonds is 3. The third-order valence-corrected chi connectivity index (χ3v) is 3.43. The van der Waals surface area contributed by atoms with Gasteiger partial charge in [-0.05, 0) is 56.2 Å². The molecule has 1 aromatic rings. The van der Waals surface area contributed by atoms with Crippen molar-refractivity contribution >= 4 is 0 Å². The predicted molar refractivity (Wildman–Crippen MR) is 66.8 cm³/mol. The molecule has 88 valence electrons. The second kappa shape index (κ2) is 5.35. The van der Waals surface area contributed by atoms with Crippen LogP contribution >= 0.6 is 0 Å². The molecule has 0 spiro atoms. The Morgan fingerprint density at radius 1 is 1.12 bits per heavy atom. The summed E-state index contributed by atoms with van der Waals surface area (Å²) in [6.45, 7) is 2.74. The van der Waals surface area contributed by atoms with Gasteiger partial charge in [0.05, 0.1) is 6.61 Å². The number of hydrogen-bond donors (Lipinski definition) is 1. The smallest absolute Gasteiger partial charge is 0.119 e. The molecule has 1 aromatic carbocycles. The topological polar surface area (TPSA) is 35.2 Å². The van der Waals surface area contributed by atoms with Crippen LogP contribution in [0.2, 0.25) is 0 Å². The SMILES string of the molecule is CCOc1ccc(C2CCC(N)CC2)cc1. The first-order chi connectivity index (χ1) is 7.79. The normalized spacial score (nSPS) is 25.4. The fourth-order valence-electron chi connectivity index (χ4n) is 2.46. The first kappa shape index (κ1) is 11.5. The molecule has 0 amide bonds. The average Bonchev–Trinajstić information content (AvgIpc) is 2.32. The molecular weight excluding hydrogens is 198 g/mol. The molecule has 1 aliphatic carbocycles. The van der Waals surface area contributed by atoms with E-state index >= 15 is 0 Å². The van der Waals surface area contributed by atoms with Crippen LogP contribution in [0.4, 0.5) is 0 Å². The predicted octanol–water partition coefficient (Wildman–Crippen LogP) is 3.07. The molecule has 0 atom stereocenters. The second-order valence-electron chi connectivity index (χ2n) is 4.61. The molecule has 2 rings (SSSR count). The third kappa shape index (κ3) is 2.76. The van der Waals surface area contributed by atoms with Crippen molar-refractivity contribution in [1.82, 2.24) is 0 Å². The average molecular weight is 219 g/mol. The highest BCUT2D eigenvalue weighted by atomic mass is 16.5. The van der Waals surface area contributed by atoms with Crippen molar-refractivity contribution < 1.29 is 4.74 Å². The van der Waals surface area contributed by atoms with Gasteiger partial charge in [-0.15, -0.1) is 0 Å². The minimum atomic E-state index is 0.430. The Morgan fingerprint density at radius 3 is 2.31 bits per heavy atom. The van der Waals surface area contributed by atoms with Crippen molar-refractivity contribution in [1.29, 1.82) is 0 Å². The van der Waals surface area contributed by atoms with E-state index in [4.69, 9.17) is 10.5 Å². The maximum absolute atomic E-state index is 5.92. The van der Waals surface area contributed by atoms with Crippen LogP contribution in [-0.4, -0.2) is 12.6 Å². The zero-order valence-electron chi connectivity index (χ0n) is 9.99. The molecular formula is C14H21NO. The van der Waals surface area contributed by atoms with Gasteiger partial charge in [0.2, 0.25) is 0 Å². The van der Waals surface area contributed by atoms with Crippen LogP contribution in [0.25, 0.3) is 0 Å². The highest BCUT2D eigenvalue weighted by molar-refractivity contribution is 5.29. The molecule has 0 aliphatic heterocycles. The van der Waals surface area contributed by atoms with Crippen LogP contribution in [0, 0.1) is 0 Å². The van der Waals surface area contributed by atoms with Gasteiger partial charge in [0.15, 0.2) is 0 Å². The molecule has 2 nitrogen and oxygen atoms in total. The van der Waals surface area contributed by atoms with Crippen molar-refractivity contribution in [3.8, 4) is 5.75 Å². The molecule has 1 saturated carbocycles. The fraction of sp³-hybridized carbons (Fsp3) is 0.571. The van der Waals surface area contributed by atoms with E-state index < -0.39 is 0 Å². The molecule has 2 heteroatoms. The largest absolute Gasteiger partial charge is 0.494 e. The van der Waals surface area contributed by atoms with Crippen LogP contribution < -0.4 is 10.5 Å². The summed E-state index contributed by atoms with van der Waals surface area (Å²) in [5.74, 6) is 1.68. The molecule has 2 N–H and O–H groups in total. The minimum absolute atomic E-state index is 0.430. The van der Waals surface area contributed by atoms with Gasteiger partial charge in [0, 0.05) is 6.04 Å². The second-order valence-corrected chi connectivity index (χ2v) is 4.61. The summed E-state index contributed by atoms with van der Waals surface area (Å²) in [6.07, 6.45) is 4.79. The van der Waals surface area contributed by atoms with Gasteiger partial charge < -0.3 is 10.5 Å². The van der Waals surface area contributed by atoms with Crippen molar-refractivity contribution in [2.24, 2.45) is 5.73 Å². The number of ether oxygens (including phenoxy) is 1. The highest BCUT2D eigenvalue weighted by Gasteiger charge is 2.19. The summed E-state index contributed by atoms with van der Waals surface area (Å²) in [5, 5.41) is 0. The van der Waals surface area contributed by atoms with Crippen molar-refractivity contribution in [2.75, 3.05) is 6.61 Å². The van der Waals surface area contributed by atoms with Crippen LogP contribution in [0.5, 0.6) is 5.75 Å². The van der Waals surface area contributed by atoms with Crippen LogP contribution in [0.15, 0.2) is 24.3 Å². The maximum Gasteiger partial charge on any atom is 0.119 e. The Balaban J connectivity index is 1.98. The summed E-state index contributed by atoms with van der Waals surface area (Å²) in [7, 11) is 0. The van der Waals surface area contributed by atoms with Gasteiger partial charge >= 0.3 is 0 Å². The van der Waals surface area contributed by atoms with E-state index in [1.54, 1.807) is 0 Å². The Morgan fingerprint density at radius 2 is 1.75 bits per heavy atom. The van der Waals surface area contributed by atoms with E-state index in [0.717, 1.165) is 25.2 Å². The molecule has 0 unspecified atom stereocenters. The van der Waals surface area contributed by atoms with E-state index in [-0.39, 0.29) is 0 Å². The number of hydrogen-bond acceptors (Lipinski definition) is 2. The van der Waals surface area contributed by atoms with E-state index in [0.29, 0.717) is 12.0 Å². The monoisotopic (exact) mass is 219 g/mol. The van der Waals surface area contributed by atoms with Crippen molar-refractivity contribution in [3.05, 3.63) is 29.8 Å². The lowest BCUT2D eigenvalue weighted by Gasteiger charge is -2.26. The standard InChI is InChI=1S/C14H21NO/c1-2-16-14-9-5-12(6-10-14)11-3-7-13(15)8-4-11/h5-6,9-11,13H,2-4,7-8,15H2,1H3. The Kier molecular flexibility index (Phi) is 3.83. The summed E-state index contributed by atoms with van der Waals surface area (Å²) >= 11 is 0. The first-order valence-corrected chi connectivity index (χ1v) is 6.28. The molecule has 0 radical (unpaired) electrons. The summed E-state index contributed by atoms with van der Waals surface area (Å²) in [5.41, 5.74) is 7.36. The molecule has 0 bridgehead atoms. The Bertz CT molecular complexity index is 312. The van der Waals surface area contributed by atoms with Gasteiger partial charge in [-0.1, -0.05) is 12.1 Å². The highest BCUT2D eigenvalue weighted by Crippen LogP contribution is 2.32. The summed E-state index contributed by atoms with van der Waals surface area (Å²) in [6, 6.07) is 8.98. The minimum Gasteiger partial charge on any atom is -0.494 e. The Hall–Kier alpha value is -1.02. The third-order valence-electron chi connectivity index (χ3n) is 3.43. The molecule has 0 heterocycles. The lowest BCUT2D eigenvalue weighted by Crippen LogP contribution is -2.25. The molecule has 1 aliphatic rings. The lowest BCUT2D eigenvalue weighted by atomic mass is 9.82. The quantitative estimate of drug-likeness (QED) is 0.848. The molecule has 1 fully saturated rings. The van der Waals surface area contributed by atoms with Gasteiger partial charge in [-0.25, -0.2) is 0 Å². The van der Waals surface area contributed by atoms with E-state index in [9.17, 15) is 0 Å². The van der Waals surface area contributed by atoms with Crippen molar-refractivity contribution in [2.45, 2.75) is 44.6 Å². The summed E-state index contributed by atoms with van der Waals surface area (Å²) in [4.78, 5) is 0. The lowest BCUT2D eigenvalue weighted by molar-refractivity contribution is 0.339. The van der Waals surface area contributed by atoms with E-state index in [1.807, 2.05) is 6.92 Å². The van der Waals surface area contributed by atoms with Gasteiger partial charge in [0.25, 0.3) is 0 Å². The van der Waals surface area contributed by atoms with E-state index in [1.165, 1.54) is 18.4 Å².